The summed E-state index contributed by atoms with van der Waals surface area (Å²) >= 11 is 1.81. The lowest BCUT2D eigenvalue weighted by atomic mass is 10.4. The van der Waals surface area contributed by atoms with E-state index in [0.717, 1.165) is 18.7 Å². The molecule has 0 spiro atoms. The van der Waals surface area contributed by atoms with Gasteiger partial charge in [-0.25, -0.2) is 5.01 Å². The maximum absolute atomic E-state index is 10.0. The summed E-state index contributed by atoms with van der Waals surface area (Å²) in [5.74, 6) is 1.05. The van der Waals surface area contributed by atoms with E-state index in [1.807, 2.05) is 11.8 Å². The second-order valence-corrected chi connectivity index (χ2v) is 3.26. The van der Waals surface area contributed by atoms with Crippen LogP contribution in [0.4, 0.5) is 0 Å². The molecule has 0 aromatic rings. The van der Waals surface area contributed by atoms with Gasteiger partial charge in [0.05, 0.1) is 10.7 Å². The number of nitrogens with zero attached hydrogens (tertiary/aromatic N) is 2. The quantitative estimate of drug-likeness (QED) is 0.553. The standard InChI is InChI=1S/C5H10N2OS/c1-2-5-7(6-8)3-4-9-5/h5H,2-4H2,1H3. The number of thioether (sulfide) groups is 1. The Bertz CT molecular complexity index is 109. The Morgan fingerprint density at radius 1 is 1.89 bits per heavy atom. The van der Waals surface area contributed by atoms with Gasteiger partial charge in [0.1, 0.15) is 0 Å². The highest BCUT2D eigenvalue weighted by Crippen LogP contribution is 2.25. The molecule has 1 atom stereocenters. The van der Waals surface area contributed by atoms with Crippen LogP contribution in [-0.2, 0) is 0 Å². The summed E-state index contributed by atoms with van der Waals surface area (Å²) < 4.78 is 0. The molecule has 1 saturated heterocycles. The first-order valence-electron chi connectivity index (χ1n) is 3.10. The molecule has 9 heavy (non-hydrogen) atoms. The van der Waals surface area contributed by atoms with E-state index in [2.05, 4.69) is 12.2 Å². The van der Waals surface area contributed by atoms with Crippen molar-refractivity contribution in [1.82, 2.24) is 5.01 Å². The van der Waals surface area contributed by atoms with Crippen molar-refractivity contribution >= 4 is 11.8 Å². The second-order valence-electron chi connectivity index (χ2n) is 1.98. The lowest BCUT2D eigenvalue weighted by Crippen LogP contribution is -2.20. The Hall–Kier alpha value is -0.250. The van der Waals surface area contributed by atoms with Gasteiger partial charge in [-0.1, -0.05) is 6.92 Å². The molecule has 0 radical (unpaired) electrons. The topological polar surface area (TPSA) is 32.7 Å². The lowest BCUT2D eigenvalue weighted by molar-refractivity contribution is 0.293. The van der Waals surface area contributed by atoms with Gasteiger partial charge in [0.25, 0.3) is 0 Å². The third-order valence-corrected chi connectivity index (χ3v) is 2.80. The number of hydrogen-bond donors (Lipinski definition) is 0. The van der Waals surface area contributed by atoms with Crippen LogP contribution < -0.4 is 0 Å². The van der Waals surface area contributed by atoms with Crippen LogP contribution in [0.2, 0.25) is 0 Å². The summed E-state index contributed by atoms with van der Waals surface area (Å²) in [6.07, 6.45) is 1.01. The Balaban J connectivity index is 2.41. The minimum absolute atomic E-state index is 0.350. The highest BCUT2D eigenvalue weighted by atomic mass is 32.2. The largest absolute Gasteiger partial charge is 0.247 e. The Labute approximate surface area is 58.7 Å². The van der Waals surface area contributed by atoms with Gasteiger partial charge < -0.3 is 0 Å². The van der Waals surface area contributed by atoms with E-state index in [1.54, 1.807) is 5.01 Å². The molecule has 0 aromatic carbocycles. The molecule has 0 N–H and O–H groups in total. The molecular weight excluding hydrogens is 136 g/mol. The molecule has 3 nitrogen and oxygen atoms in total. The van der Waals surface area contributed by atoms with Crippen LogP contribution in [-0.4, -0.2) is 22.7 Å². The van der Waals surface area contributed by atoms with Crippen molar-refractivity contribution in [2.75, 3.05) is 12.3 Å². The zero-order valence-electron chi connectivity index (χ0n) is 5.41. The van der Waals surface area contributed by atoms with E-state index in [4.69, 9.17) is 0 Å². The van der Waals surface area contributed by atoms with Crippen molar-refractivity contribution in [3.05, 3.63) is 4.91 Å². The van der Waals surface area contributed by atoms with Gasteiger partial charge in [-0.3, -0.25) is 0 Å². The number of rotatable bonds is 2. The third-order valence-electron chi connectivity index (χ3n) is 1.42. The lowest BCUT2D eigenvalue weighted by Gasteiger charge is -2.13. The Morgan fingerprint density at radius 2 is 2.67 bits per heavy atom. The zero-order valence-corrected chi connectivity index (χ0v) is 6.23. The molecule has 4 heteroatoms. The minimum atomic E-state index is 0.350. The van der Waals surface area contributed by atoms with E-state index < -0.39 is 0 Å². The van der Waals surface area contributed by atoms with Gasteiger partial charge in [0.2, 0.25) is 0 Å². The van der Waals surface area contributed by atoms with Gasteiger partial charge in [-0.15, -0.1) is 16.7 Å². The average molecular weight is 146 g/mol. The van der Waals surface area contributed by atoms with Gasteiger partial charge >= 0.3 is 0 Å². The highest BCUT2D eigenvalue weighted by Gasteiger charge is 2.22. The summed E-state index contributed by atoms with van der Waals surface area (Å²) in [7, 11) is 0. The van der Waals surface area contributed by atoms with E-state index in [9.17, 15) is 4.91 Å². The van der Waals surface area contributed by atoms with Crippen molar-refractivity contribution < 1.29 is 0 Å². The fourth-order valence-electron chi connectivity index (χ4n) is 0.934. The van der Waals surface area contributed by atoms with Crippen LogP contribution in [0, 0.1) is 4.91 Å². The van der Waals surface area contributed by atoms with Crippen LogP contribution in [0.5, 0.6) is 0 Å². The molecule has 1 rings (SSSR count). The van der Waals surface area contributed by atoms with Gasteiger partial charge in [-0.2, -0.15) is 0 Å². The van der Waals surface area contributed by atoms with Crippen LogP contribution in [0.1, 0.15) is 13.3 Å². The van der Waals surface area contributed by atoms with Crippen LogP contribution in [0.3, 0.4) is 0 Å². The normalized spacial score (nSPS) is 26.8. The molecule has 0 aliphatic carbocycles. The molecular formula is C5H10N2OS. The minimum Gasteiger partial charge on any atom is -0.247 e. The smallest absolute Gasteiger partial charge is 0.0952 e. The van der Waals surface area contributed by atoms with Gasteiger partial charge in [0, 0.05) is 12.3 Å². The summed E-state index contributed by atoms with van der Waals surface area (Å²) in [5.41, 5.74) is 0. The first-order valence-corrected chi connectivity index (χ1v) is 4.15. The predicted octanol–water partition coefficient (Wildman–Crippen LogP) is 1.45. The summed E-state index contributed by atoms with van der Waals surface area (Å²) in [6.45, 7) is 2.90. The molecule has 1 unspecified atom stereocenters. The van der Waals surface area contributed by atoms with Crippen LogP contribution in [0.25, 0.3) is 0 Å². The van der Waals surface area contributed by atoms with Crippen molar-refractivity contribution in [2.24, 2.45) is 5.29 Å². The van der Waals surface area contributed by atoms with E-state index in [1.165, 1.54) is 0 Å². The van der Waals surface area contributed by atoms with Crippen LogP contribution >= 0.6 is 11.8 Å². The molecule has 1 aliphatic heterocycles. The first kappa shape index (κ1) is 6.86. The van der Waals surface area contributed by atoms with E-state index >= 15 is 0 Å². The second kappa shape index (κ2) is 3.06. The maximum Gasteiger partial charge on any atom is 0.0952 e. The SMILES string of the molecule is CCC1SCCN1N=O. The fourth-order valence-corrected chi connectivity index (χ4v) is 2.05. The number of hydrogen-bond acceptors (Lipinski definition) is 3. The zero-order chi connectivity index (χ0) is 6.69. The molecule has 0 amide bonds. The summed E-state index contributed by atoms with van der Waals surface area (Å²) in [5, 5.41) is 4.87. The Kier molecular flexibility index (Phi) is 2.33. The fraction of sp³-hybridized carbons (Fsp3) is 1.00. The van der Waals surface area contributed by atoms with Crippen molar-refractivity contribution in [3.63, 3.8) is 0 Å². The monoisotopic (exact) mass is 146 g/mol. The van der Waals surface area contributed by atoms with Gasteiger partial charge in [-0.05, 0) is 6.42 Å². The van der Waals surface area contributed by atoms with E-state index in [-0.39, 0.29) is 0 Å². The third kappa shape index (κ3) is 1.36. The van der Waals surface area contributed by atoms with Crippen molar-refractivity contribution in [1.29, 1.82) is 0 Å². The highest BCUT2D eigenvalue weighted by molar-refractivity contribution is 8.00. The molecule has 52 valence electrons. The van der Waals surface area contributed by atoms with Gasteiger partial charge in [0.15, 0.2) is 0 Å². The first-order chi connectivity index (χ1) is 4.38. The molecule has 0 saturated carbocycles. The summed E-state index contributed by atoms with van der Waals surface area (Å²) in [4.78, 5) is 10.0. The summed E-state index contributed by atoms with van der Waals surface area (Å²) in [6, 6.07) is 0. The van der Waals surface area contributed by atoms with Crippen LogP contribution in [0.15, 0.2) is 5.29 Å². The predicted molar refractivity (Wildman–Crippen MR) is 39.0 cm³/mol. The average Bonchev–Trinajstić information content (AvgIpc) is 2.33. The molecule has 0 bridgehead atoms. The molecule has 0 aromatic heterocycles. The molecule has 1 fully saturated rings. The number of nitroso groups, excluding NO2 is 1. The molecule has 1 aliphatic rings. The van der Waals surface area contributed by atoms with Crippen molar-refractivity contribution in [3.8, 4) is 0 Å². The molecule has 1 heterocycles. The Morgan fingerprint density at radius 3 is 3.11 bits per heavy atom. The maximum atomic E-state index is 10.0. The van der Waals surface area contributed by atoms with Crippen molar-refractivity contribution in [2.45, 2.75) is 18.7 Å². The van der Waals surface area contributed by atoms with E-state index in [0.29, 0.717) is 5.37 Å².